The number of carbonyl (C=O) groups excluding carboxylic acids is 1. The minimum Gasteiger partial charge on any atom is -0.330 e. The molecule has 0 radical (unpaired) electrons. The van der Waals surface area contributed by atoms with Gasteiger partial charge in [0.15, 0.2) is 0 Å². The van der Waals surface area contributed by atoms with E-state index in [0.717, 1.165) is 37.9 Å². The number of hydrogen-bond donors (Lipinski definition) is 2. The fourth-order valence-electron chi connectivity index (χ4n) is 1.64. The summed E-state index contributed by atoms with van der Waals surface area (Å²) in [5, 5.41) is 2.52. The van der Waals surface area contributed by atoms with E-state index in [-0.39, 0.29) is 11.6 Å². The topological polar surface area (TPSA) is 68.0 Å². The number of rotatable bonds is 7. The average Bonchev–Trinajstić information content (AvgIpc) is 2.38. The third-order valence-corrected chi connectivity index (χ3v) is 2.70. The maximum atomic E-state index is 12.3. The Bertz CT molecular complexity index is 418. The molecule has 1 amide bonds. The van der Waals surface area contributed by atoms with Gasteiger partial charge in [0.05, 0.1) is 11.9 Å². The standard InChI is InChI=1S/C13H18F3N3O/c14-13(15,16)11-7-6-10(9-18-11)19-12(20)5-3-1-2-4-8-17/h6-7,9H,1-5,8,17H2,(H,19,20). The highest BCUT2D eigenvalue weighted by molar-refractivity contribution is 5.90. The molecular weight excluding hydrogens is 271 g/mol. The van der Waals surface area contributed by atoms with Crippen molar-refractivity contribution in [2.45, 2.75) is 38.3 Å². The Hall–Kier alpha value is -1.63. The summed E-state index contributed by atoms with van der Waals surface area (Å²) >= 11 is 0. The Morgan fingerprint density at radius 2 is 1.90 bits per heavy atom. The molecule has 7 heteroatoms. The molecule has 3 N–H and O–H groups in total. The largest absolute Gasteiger partial charge is 0.433 e. The van der Waals surface area contributed by atoms with Crippen LogP contribution in [-0.4, -0.2) is 17.4 Å². The SMILES string of the molecule is NCCCCCCC(=O)Nc1ccc(C(F)(F)F)nc1. The van der Waals surface area contributed by atoms with Gasteiger partial charge < -0.3 is 11.1 Å². The Morgan fingerprint density at radius 1 is 1.20 bits per heavy atom. The van der Waals surface area contributed by atoms with Gasteiger partial charge in [0.25, 0.3) is 0 Å². The van der Waals surface area contributed by atoms with Gasteiger partial charge in [-0.2, -0.15) is 13.2 Å². The minimum atomic E-state index is -4.47. The lowest BCUT2D eigenvalue weighted by molar-refractivity contribution is -0.141. The fourth-order valence-corrected chi connectivity index (χ4v) is 1.64. The number of nitrogens with zero attached hydrogens (tertiary/aromatic N) is 1. The maximum absolute atomic E-state index is 12.3. The molecular formula is C13H18F3N3O. The molecule has 0 aliphatic carbocycles. The van der Waals surface area contributed by atoms with E-state index in [4.69, 9.17) is 5.73 Å². The van der Waals surface area contributed by atoms with Crippen molar-refractivity contribution in [1.82, 2.24) is 4.98 Å². The van der Waals surface area contributed by atoms with Gasteiger partial charge >= 0.3 is 6.18 Å². The Kier molecular flexibility index (Phi) is 6.44. The van der Waals surface area contributed by atoms with Crippen molar-refractivity contribution in [1.29, 1.82) is 0 Å². The van der Waals surface area contributed by atoms with Crippen LogP contribution in [0.4, 0.5) is 18.9 Å². The van der Waals surface area contributed by atoms with E-state index in [9.17, 15) is 18.0 Å². The van der Waals surface area contributed by atoms with Crippen molar-refractivity contribution in [3.63, 3.8) is 0 Å². The van der Waals surface area contributed by atoms with E-state index in [2.05, 4.69) is 10.3 Å². The first-order chi connectivity index (χ1) is 9.43. The second-order valence-electron chi connectivity index (χ2n) is 4.43. The van der Waals surface area contributed by atoms with Gasteiger partial charge in [-0.25, -0.2) is 4.98 Å². The second kappa shape index (κ2) is 7.84. The number of carbonyl (C=O) groups is 1. The van der Waals surface area contributed by atoms with Crippen LogP contribution in [0.25, 0.3) is 0 Å². The summed E-state index contributed by atoms with van der Waals surface area (Å²) in [6.45, 7) is 0.642. The Balaban J connectivity index is 2.35. The number of hydrogen-bond acceptors (Lipinski definition) is 3. The number of pyridine rings is 1. The third-order valence-electron chi connectivity index (χ3n) is 2.70. The normalized spacial score (nSPS) is 11.4. The van der Waals surface area contributed by atoms with Gasteiger partial charge in [-0.3, -0.25) is 4.79 Å². The molecule has 0 aliphatic heterocycles. The Morgan fingerprint density at radius 3 is 2.45 bits per heavy atom. The highest BCUT2D eigenvalue weighted by Gasteiger charge is 2.32. The first-order valence-corrected chi connectivity index (χ1v) is 6.46. The predicted octanol–water partition coefficient (Wildman–Crippen LogP) is 2.95. The molecule has 0 saturated heterocycles. The number of unbranched alkanes of at least 4 members (excludes halogenated alkanes) is 3. The van der Waals surface area contributed by atoms with Crippen LogP contribution in [0.3, 0.4) is 0 Å². The zero-order chi connectivity index (χ0) is 15.0. The number of nitrogens with one attached hydrogen (secondary N) is 1. The second-order valence-corrected chi connectivity index (χ2v) is 4.43. The van der Waals surface area contributed by atoms with Gasteiger partial charge in [-0.15, -0.1) is 0 Å². The number of amides is 1. The molecule has 0 aliphatic rings. The Labute approximate surface area is 115 Å². The van der Waals surface area contributed by atoms with Gasteiger partial charge in [-0.05, 0) is 31.5 Å². The number of anilines is 1. The van der Waals surface area contributed by atoms with E-state index >= 15 is 0 Å². The first-order valence-electron chi connectivity index (χ1n) is 6.46. The number of halogens is 3. The summed E-state index contributed by atoms with van der Waals surface area (Å²) in [7, 11) is 0. The lowest BCUT2D eigenvalue weighted by Gasteiger charge is -2.08. The molecule has 0 unspecified atom stereocenters. The van der Waals surface area contributed by atoms with E-state index < -0.39 is 11.9 Å². The lowest BCUT2D eigenvalue weighted by Crippen LogP contribution is -2.13. The molecule has 0 aromatic carbocycles. The zero-order valence-electron chi connectivity index (χ0n) is 11.0. The van der Waals surface area contributed by atoms with E-state index in [1.807, 2.05) is 0 Å². The predicted molar refractivity (Wildman–Crippen MR) is 70.0 cm³/mol. The highest BCUT2D eigenvalue weighted by atomic mass is 19.4. The van der Waals surface area contributed by atoms with E-state index in [0.29, 0.717) is 13.0 Å². The van der Waals surface area contributed by atoms with E-state index in [1.54, 1.807) is 0 Å². The summed E-state index contributed by atoms with van der Waals surface area (Å²) in [6, 6.07) is 2.04. The van der Waals surface area contributed by atoms with Crippen LogP contribution < -0.4 is 11.1 Å². The fraction of sp³-hybridized carbons (Fsp3) is 0.538. The van der Waals surface area contributed by atoms with Crippen LogP contribution in [0.1, 0.15) is 37.8 Å². The summed E-state index contributed by atoms with van der Waals surface area (Å²) in [5.74, 6) is -0.223. The van der Waals surface area contributed by atoms with Crippen LogP contribution in [-0.2, 0) is 11.0 Å². The van der Waals surface area contributed by atoms with Crippen LogP contribution in [0.5, 0.6) is 0 Å². The number of alkyl halides is 3. The molecule has 112 valence electrons. The molecule has 1 rings (SSSR count). The number of aromatic nitrogens is 1. The summed E-state index contributed by atoms with van der Waals surface area (Å²) in [6.07, 6.45) is 0.443. The van der Waals surface area contributed by atoms with Crippen molar-refractivity contribution in [2.24, 2.45) is 5.73 Å². The minimum absolute atomic E-state index is 0.223. The molecule has 0 fully saturated rings. The third kappa shape index (κ3) is 6.01. The van der Waals surface area contributed by atoms with E-state index in [1.165, 1.54) is 6.07 Å². The summed E-state index contributed by atoms with van der Waals surface area (Å²) in [4.78, 5) is 14.8. The van der Waals surface area contributed by atoms with Gasteiger partial charge in [0.1, 0.15) is 5.69 Å². The molecule has 0 bridgehead atoms. The van der Waals surface area contributed by atoms with Crippen molar-refractivity contribution >= 4 is 11.6 Å². The monoisotopic (exact) mass is 289 g/mol. The van der Waals surface area contributed by atoms with Crippen LogP contribution in [0, 0.1) is 0 Å². The molecule has 0 atom stereocenters. The van der Waals surface area contributed by atoms with Crippen molar-refractivity contribution in [3.8, 4) is 0 Å². The quantitative estimate of drug-likeness (QED) is 0.758. The smallest absolute Gasteiger partial charge is 0.330 e. The van der Waals surface area contributed by atoms with Crippen molar-refractivity contribution in [3.05, 3.63) is 24.0 Å². The summed E-state index contributed by atoms with van der Waals surface area (Å²) in [5.41, 5.74) is 4.64. The molecule has 0 saturated carbocycles. The maximum Gasteiger partial charge on any atom is 0.433 e. The van der Waals surface area contributed by atoms with Gasteiger partial charge in [0.2, 0.25) is 5.91 Å². The van der Waals surface area contributed by atoms with Gasteiger partial charge in [0, 0.05) is 6.42 Å². The molecule has 1 aromatic heterocycles. The van der Waals surface area contributed by atoms with Crippen LogP contribution >= 0.6 is 0 Å². The summed E-state index contributed by atoms with van der Waals surface area (Å²) < 4.78 is 36.9. The van der Waals surface area contributed by atoms with Crippen LogP contribution in [0.15, 0.2) is 18.3 Å². The van der Waals surface area contributed by atoms with Crippen molar-refractivity contribution < 1.29 is 18.0 Å². The molecule has 0 spiro atoms. The van der Waals surface area contributed by atoms with Crippen LogP contribution in [0.2, 0.25) is 0 Å². The average molecular weight is 289 g/mol. The first kappa shape index (κ1) is 16.4. The van der Waals surface area contributed by atoms with Gasteiger partial charge in [-0.1, -0.05) is 12.8 Å². The number of nitrogens with two attached hydrogens (primary N) is 1. The molecule has 4 nitrogen and oxygen atoms in total. The lowest BCUT2D eigenvalue weighted by atomic mass is 10.1. The molecule has 1 heterocycles. The highest BCUT2D eigenvalue weighted by Crippen LogP contribution is 2.27. The molecule has 1 aromatic rings. The molecule has 20 heavy (non-hydrogen) atoms. The van der Waals surface area contributed by atoms with Crippen molar-refractivity contribution in [2.75, 3.05) is 11.9 Å². The zero-order valence-corrected chi connectivity index (χ0v) is 11.0.